The summed E-state index contributed by atoms with van der Waals surface area (Å²) in [5.74, 6) is 0.320. The third-order valence-electron chi connectivity index (χ3n) is 1.70. The summed E-state index contributed by atoms with van der Waals surface area (Å²) in [4.78, 5) is 0. The Morgan fingerprint density at radius 1 is 1.33 bits per heavy atom. The second-order valence-corrected chi connectivity index (χ2v) is 2.59. The Hall–Kier alpha value is -1.50. The smallest absolute Gasteiger partial charge is 0.119 e. The van der Waals surface area contributed by atoms with E-state index in [0.29, 0.717) is 12.2 Å². The lowest BCUT2D eigenvalue weighted by molar-refractivity contribution is 0.469. The molecule has 1 rings (SSSR count). The van der Waals surface area contributed by atoms with Gasteiger partial charge in [-0.1, -0.05) is 24.8 Å². The Labute approximate surface area is 72.7 Å². The van der Waals surface area contributed by atoms with Gasteiger partial charge in [-0.15, -0.1) is 6.58 Å². The maximum atomic E-state index is 9.38. The molecule has 0 aliphatic carbocycles. The van der Waals surface area contributed by atoms with Gasteiger partial charge in [0, 0.05) is 0 Å². The third kappa shape index (κ3) is 1.76. The van der Waals surface area contributed by atoms with Crippen LogP contribution in [-0.4, -0.2) is 5.11 Å². The summed E-state index contributed by atoms with van der Waals surface area (Å²) in [7, 11) is 0. The number of benzene rings is 1. The van der Waals surface area contributed by atoms with Crippen molar-refractivity contribution in [2.24, 2.45) is 0 Å². The van der Waals surface area contributed by atoms with E-state index in [2.05, 4.69) is 13.2 Å². The molecule has 0 heterocycles. The van der Waals surface area contributed by atoms with Crippen molar-refractivity contribution in [3.05, 3.63) is 48.6 Å². The van der Waals surface area contributed by atoms with Crippen LogP contribution in [0, 0.1) is 0 Å². The molecule has 1 aromatic carbocycles. The highest BCUT2D eigenvalue weighted by Crippen LogP contribution is 2.19. The molecule has 0 radical (unpaired) electrons. The van der Waals surface area contributed by atoms with Gasteiger partial charge in [-0.2, -0.15) is 0 Å². The molecule has 1 aromatic rings. The zero-order valence-electron chi connectivity index (χ0n) is 6.96. The minimum Gasteiger partial charge on any atom is -0.508 e. The number of hydrogen-bond acceptors (Lipinski definition) is 1. The van der Waals surface area contributed by atoms with Crippen LogP contribution in [0.25, 0.3) is 6.08 Å². The summed E-state index contributed by atoms with van der Waals surface area (Å²) in [6.07, 6.45) is 4.21. The molecule has 1 nitrogen and oxygen atoms in total. The monoisotopic (exact) mass is 160 g/mol. The molecule has 1 N–H and O–H groups in total. The normalized spacial score (nSPS) is 9.33. The lowest BCUT2D eigenvalue weighted by Crippen LogP contribution is -1.83. The van der Waals surface area contributed by atoms with Gasteiger partial charge < -0.3 is 5.11 Å². The van der Waals surface area contributed by atoms with Crippen molar-refractivity contribution < 1.29 is 5.11 Å². The van der Waals surface area contributed by atoms with Crippen molar-refractivity contribution in [1.29, 1.82) is 0 Å². The molecule has 0 saturated heterocycles. The molecule has 0 fully saturated rings. The summed E-state index contributed by atoms with van der Waals surface area (Å²) in [6, 6.07) is 5.41. The first-order valence-corrected chi connectivity index (χ1v) is 3.83. The molecular weight excluding hydrogens is 148 g/mol. The zero-order valence-corrected chi connectivity index (χ0v) is 6.96. The molecule has 0 bridgehead atoms. The Balaban J connectivity index is 3.06. The van der Waals surface area contributed by atoms with Gasteiger partial charge in [-0.25, -0.2) is 0 Å². The molecule has 12 heavy (non-hydrogen) atoms. The van der Waals surface area contributed by atoms with Crippen molar-refractivity contribution in [1.82, 2.24) is 0 Å². The van der Waals surface area contributed by atoms with Crippen LogP contribution in [0.4, 0.5) is 0 Å². The van der Waals surface area contributed by atoms with Crippen molar-refractivity contribution >= 4 is 6.08 Å². The van der Waals surface area contributed by atoms with Gasteiger partial charge in [0.25, 0.3) is 0 Å². The summed E-state index contributed by atoms with van der Waals surface area (Å²) in [6.45, 7) is 7.27. The van der Waals surface area contributed by atoms with E-state index in [0.717, 1.165) is 11.1 Å². The SMILES string of the molecule is C=CCc1cc(C=C)ccc1O. The van der Waals surface area contributed by atoms with Crippen LogP contribution in [0.3, 0.4) is 0 Å². The van der Waals surface area contributed by atoms with Crippen LogP contribution in [-0.2, 0) is 6.42 Å². The number of allylic oxidation sites excluding steroid dienone is 1. The average molecular weight is 160 g/mol. The molecule has 62 valence electrons. The summed E-state index contributed by atoms with van der Waals surface area (Å²) in [5.41, 5.74) is 1.91. The van der Waals surface area contributed by atoms with Crippen LogP contribution in [0.1, 0.15) is 11.1 Å². The van der Waals surface area contributed by atoms with Gasteiger partial charge in [-0.05, 0) is 29.7 Å². The fourth-order valence-electron chi connectivity index (χ4n) is 1.05. The lowest BCUT2D eigenvalue weighted by Gasteiger charge is -2.02. The average Bonchev–Trinajstić information content (AvgIpc) is 2.09. The van der Waals surface area contributed by atoms with Gasteiger partial charge in [0.05, 0.1) is 0 Å². The molecule has 0 saturated carbocycles. The number of rotatable bonds is 3. The Morgan fingerprint density at radius 2 is 2.08 bits per heavy atom. The topological polar surface area (TPSA) is 20.2 Å². The first-order valence-electron chi connectivity index (χ1n) is 3.83. The molecule has 0 atom stereocenters. The summed E-state index contributed by atoms with van der Waals surface area (Å²) >= 11 is 0. The molecule has 1 heteroatoms. The zero-order chi connectivity index (χ0) is 8.97. The van der Waals surface area contributed by atoms with E-state index in [-0.39, 0.29) is 0 Å². The fourth-order valence-corrected chi connectivity index (χ4v) is 1.05. The second-order valence-electron chi connectivity index (χ2n) is 2.59. The van der Waals surface area contributed by atoms with E-state index in [1.54, 1.807) is 18.2 Å². The van der Waals surface area contributed by atoms with Gasteiger partial charge in [-0.3, -0.25) is 0 Å². The molecule has 0 amide bonds. The molecule has 0 aromatic heterocycles. The van der Waals surface area contributed by atoms with Crippen molar-refractivity contribution in [3.8, 4) is 5.75 Å². The van der Waals surface area contributed by atoms with E-state index in [1.165, 1.54) is 0 Å². The quantitative estimate of drug-likeness (QED) is 0.674. The van der Waals surface area contributed by atoms with Crippen molar-refractivity contribution in [3.63, 3.8) is 0 Å². The highest BCUT2D eigenvalue weighted by molar-refractivity contribution is 5.51. The molecule has 0 aliphatic rings. The highest BCUT2D eigenvalue weighted by Gasteiger charge is 1.98. The Bertz CT molecular complexity index is 300. The van der Waals surface area contributed by atoms with Gasteiger partial charge >= 0.3 is 0 Å². The molecule has 0 spiro atoms. The second kappa shape index (κ2) is 3.77. The first-order chi connectivity index (χ1) is 5.77. The highest BCUT2D eigenvalue weighted by atomic mass is 16.3. The molecule has 0 unspecified atom stereocenters. The van der Waals surface area contributed by atoms with Gasteiger partial charge in [0.2, 0.25) is 0 Å². The van der Waals surface area contributed by atoms with E-state index >= 15 is 0 Å². The first kappa shape index (κ1) is 8.60. The number of aromatic hydroxyl groups is 1. The van der Waals surface area contributed by atoms with E-state index in [4.69, 9.17) is 0 Å². The van der Waals surface area contributed by atoms with Crippen LogP contribution in [0.5, 0.6) is 5.75 Å². The van der Waals surface area contributed by atoms with E-state index in [1.807, 2.05) is 12.1 Å². The van der Waals surface area contributed by atoms with Gasteiger partial charge in [0.1, 0.15) is 5.75 Å². The maximum absolute atomic E-state index is 9.38. The van der Waals surface area contributed by atoms with Crippen molar-refractivity contribution in [2.75, 3.05) is 0 Å². The summed E-state index contributed by atoms with van der Waals surface area (Å²) in [5, 5.41) is 9.38. The number of hydrogen-bond donors (Lipinski definition) is 1. The minimum atomic E-state index is 0.320. The number of phenols is 1. The molecule has 0 aliphatic heterocycles. The van der Waals surface area contributed by atoms with Gasteiger partial charge in [0.15, 0.2) is 0 Å². The third-order valence-corrected chi connectivity index (χ3v) is 1.70. The largest absolute Gasteiger partial charge is 0.508 e. The predicted octanol–water partition coefficient (Wildman–Crippen LogP) is 2.76. The summed E-state index contributed by atoms with van der Waals surface area (Å²) < 4.78 is 0. The minimum absolute atomic E-state index is 0.320. The standard InChI is InChI=1S/C11H12O/c1-3-5-10-8-9(4-2)6-7-11(10)12/h3-4,6-8,12H,1-2,5H2. The van der Waals surface area contributed by atoms with Crippen LogP contribution < -0.4 is 0 Å². The van der Waals surface area contributed by atoms with E-state index < -0.39 is 0 Å². The predicted molar refractivity (Wildman–Crippen MR) is 52.1 cm³/mol. The fraction of sp³-hybridized carbons (Fsp3) is 0.0909. The molecular formula is C11H12O. The van der Waals surface area contributed by atoms with Crippen molar-refractivity contribution in [2.45, 2.75) is 6.42 Å². The maximum Gasteiger partial charge on any atom is 0.119 e. The Morgan fingerprint density at radius 3 is 2.67 bits per heavy atom. The lowest BCUT2D eigenvalue weighted by atomic mass is 10.1. The Kier molecular flexibility index (Phi) is 2.70. The van der Waals surface area contributed by atoms with Crippen LogP contribution in [0.2, 0.25) is 0 Å². The van der Waals surface area contributed by atoms with E-state index in [9.17, 15) is 5.11 Å². The van der Waals surface area contributed by atoms with Crippen LogP contribution in [0.15, 0.2) is 37.4 Å². The number of phenolic OH excluding ortho intramolecular Hbond substituents is 1. The van der Waals surface area contributed by atoms with Crippen LogP contribution >= 0.6 is 0 Å².